The number of primary amides is 1. The minimum absolute atomic E-state index is 0.198. The largest absolute Gasteiger partial charge is 0.401 e. The molecule has 0 saturated heterocycles. The van der Waals surface area contributed by atoms with Crippen molar-refractivity contribution in [3.8, 4) is 0 Å². The number of carbonyl (C=O) groups excluding carboxylic acids is 1. The van der Waals surface area contributed by atoms with Gasteiger partial charge in [-0.2, -0.15) is 13.2 Å². The highest BCUT2D eigenvalue weighted by atomic mass is 19.4. The number of nitrogens with two attached hydrogens (primary N) is 1. The van der Waals surface area contributed by atoms with Gasteiger partial charge in [-0.15, -0.1) is 0 Å². The fourth-order valence-electron chi connectivity index (χ4n) is 1.76. The molecule has 0 aliphatic carbocycles. The Morgan fingerprint density at radius 2 is 1.89 bits per heavy atom. The molecule has 0 saturated carbocycles. The Kier molecular flexibility index (Phi) is 6.79. The molecule has 19 heavy (non-hydrogen) atoms. The monoisotopic (exact) mass is 283 g/mol. The van der Waals surface area contributed by atoms with Crippen molar-refractivity contribution in [3.05, 3.63) is 0 Å². The molecule has 1 unspecified atom stereocenters. The number of alkyl halides is 3. The lowest BCUT2D eigenvalue weighted by Gasteiger charge is -2.30. The van der Waals surface area contributed by atoms with E-state index in [-0.39, 0.29) is 12.6 Å². The van der Waals surface area contributed by atoms with Crippen LogP contribution in [0.2, 0.25) is 0 Å². The molecule has 1 amide bonds. The number of nitrogens with zero attached hydrogens (tertiary/aromatic N) is 1. The van der Waals surface area contributed by atoms with Crippen LogP contribution in [0.1, 0.15) is 33.6 Å². The van der Waals surface area contributed by atoms with E-state index in [4.69, 9.17) is 5.73 Å². The maximum atomic E-state index is 12.4. The minimum atomic E-state index is -4.21. The average molecular weight is 283 g/mol. The number of hydrogen-bond donors (Lipinski definition) is 2. The molecule has 0 bridgehead atoms. The Labute approximate surface area is 112 Å². The molecule has 0 aliphatic rings. The highest BCUT2D eigenvalue weighted by Gasteiger charge is 2.33. The summed E-state index contributed by atoms with van der Waals surface area (Å²) in [6.07, 6.45) is -3.34. The first kappa shape index (κ1) is 18.2. The third-order valence-corrected chi connectivity index (χ3v) is 3.33. The maximum Gasteiger partial charge on any atom is 0.401 e. The Bertz CT molecular complexity index is 294. The number of carbonyl (C=O) groups is 1. The van der Waals surface area contributed by atoms with Crippen LogP contribution in [-0.2, 0) is 4.79 Å². The van der Waals surface area contributed by atoms with E-state index >= 15 is 0 Å². The zero-order valence-electron chi connectivity index (χ0n) is 12.0. The summed E-state index contributed by atoms with van der Waals surface area (Å²) in [5, 5.41) is 2.81. The molecule has 0 heterocycles. The molecule has 0 spiro atoms. The van der Waals surface area contributed by atoms with Crippen molar-refractivity contribution in [2.24, 2.45) is 5.73 Å². The van der Waals surface area contributed by atoms with E-state index < -0.39 is 24.2 Å². The molecule has 7 heteroatoms. The smallest absolute Gasteiger partial charge is 0.368 e. The van der Waals surface area contributed by atoms with Crippen LogP contribution in [0.3, 0.4) is 0 Å². The maximum absolute atomic E-state index is 12.4. The molecule has 0 aromatic rings. The van der Waals surface area contributed by atoms with Crippen molar-refractivity contribution in [2.75, 3.05) is 20.1 Å². The van der Waals surface area contributed by atoms with Gasteiger partial charge in [-0.1, -0.05) is 0 Å². The molecule has 0 aromatic carbocycles. The van der Waals surface area contributed by atoms with Gasteiger partial charge in [-0.3, -0.25) is 9.69 Å². The molecule has 1 atom stereocenters. The highest BCUT2D eigenvalue weighted by molar-refractivity contribution is 5.84. The second-order valence-electron chi connectivity index (χ2n) is 5.23. The zero-order chi connectivity index (χ0) is 15.3. The summed E-state index contributed by atoms with van der Waals surface area (Å²) in [6.45, 7) is 4.44. The lowest BCUT2D eigenvalue weighted by molar-refractivity contribution is -0.150. The lowest BCUT2D eigenvalue weighted by Crippen LogP contribution is -2.52. The molecule has 0 aromatic heterocycles. The van der Waals surface area contributed by atoms with Crippen molar-refractivity contribution in [2.45, 2.75) is 51.4 Å². The third-order valence-electron chi connectivity index (χ3n) is 3.33. The number of rotatable bonds is 8. The van der Waals surface area contributed by atoms with Crippen LogP contribution in [0.4, 0.5) is 13.2 Å². The van der Waals surface area contributed by atoms with Crippen LogP contribution >= 0.6 is 0 Å². The van der Waals surface area contributed by atoms with Crippen molar-refractivity contribution < 1.29 is 18.0 Å². The molecule has 0 rings (SSSR count). The van der Waals surface area contributed by atoms with Crippen LogP contribution in [0.15, 0.2) is 0 Å². The fraction of sp³-hybridized carbons (Fsp3) is 0.917. The van der Waals surface area contributed by atoms with E-state index in [2.05, 4.69) is 5.32 Å². The molecule has 0 fully saturated rings. The molecule has 114 valence electrons. The van der Waals surface area contributed by atoms with Gasteiger partial charge in [-0.25, -0.2) is 0 Å². The summed E-state index contributed by atoms with van der Waals surface area (Å²) >= 11 is 0. The standard InChI is InChI=1S/C12H24F3N3O/c1-9(2)18(8-12(13,14)15)7-5-6-11(3,17-4)10(16)19/h9,17H,5-8H2,1-4H3,(H2,16,19). The summed E-state index contributed by atoms with van der Waals surface area (Å²) in [5.41, 5.74) is 4.39. The van der Waals surface area contributed by atoms with Crippen molar-refractivity contribution in [1.82, 2.24) is 10.2 Å². The predicted molar refractivity (Wildman–Crippen MR) is 68.7 cm³/mol. The second kappa shape index (κ2) is 7.09. The van der Waals surface area contributed by atoms with Crippen molar-refractivity contribution in [3.63, 3.8) is 0 Å². The van der Waals surface area contributed by atoms with Gasteiger partial charge in [-0.05, 0) is 47.2 Å². The SMILES string of the molecule is CNC(C)(CCCN(CC(F)(F)F)C(C)C)C(N)=O. The zero-order valence-corrected chi connectivity index (χ0v) is 12.0. The van der Waals surface area contributed by atoms with Crippen LogP contribution in [0, 0.1) is 0 Å². The van der Waals surface area contributed by atoms with Gasteiger partial charge in [0.1, 0.15) is 0 Å². The van der Waals surface area contributed by atoms with Crippen LogP contribution < -0.4 is 11.1 Å². The van der Waals surface area contributed by atoms with Crippen molar-refractivity contribution in [1.29, 1.82) is 0 Å². The lowest BCUT2D eigenvalue weighted by atomic mass is 9.95. The van der Waals surface area contributed by atoms with E-state index in [1.807, 2.05) is 0 Å². The van der Waals surface area contributed by atoms with E-state index in [0.29, 0.717) is 12.8 Å². The Morgan fingerprint density at radius 3 is 2.21 bits per heavy atom. The van der Waals surface area contributed by atoms with Gasteiger partial charge in [0.2, 0.25) is 5.91 Å². The molecular weight excluding hydrogens is 259 g/mol. The fourth-order valence-corrected chi connectivity index (χ4v) is 1.76. The summed E-state index contributed by atoms with van der Waals surface area (Å²) in [4.78, 5) is 12.6. The van der Waals surface area contributed by atoms with Crippen molar-refractivity contribution >= 4 is 5.91 Å². The number of likely N-dealkylation sites (N-methyl/N-ethyl adjacent to an activating group) is 1. The van der Waals surface area contributed by atoms with E-state index in [9.17, 15) is 18.0 Å². The number of halogens is 3. The first-order chi connectivity index (χ1) is 8.52. The summed E-state index contributed by atoms with van der Waals surface area (Å²) in [7, 11) is 1.61. The van der Waals surface area contributed by atoms with Gasteiger partial charge in [0.05, 0.1) is 12.1 Å². The van der Waals surface area contributed by atoms with Gasteiger partial charge >= 0.3 is 6.18 Å². The Morgan fingerprint density at radius 1 is 1.37 bits per heavy atom. The predicted octanol–water partition coefficient (Wildman–Crippen LogP) is 1.50. The van der Waals surface area contributed by atoms with Crippen LogP contribution in [0.5, 0.6) is 0 Å². The summed E-state index contributed by atoms with van der Waals surface area (Å²) in [6, 6.07) is -0.198. The van der Waals surface area contributed by atoms with Gasteiger partial charge in [0.25, 0.3) is 0 Å². The second-order valence-corrected chi connectivity index (χ2v) is 5.23. The Balaban J connectivity index is 4.38. The van der Waals surface area contributed by atoms with Gasteiger partial charge in [0, 0.05) is 6.04 Å². The number of nitrogens with one attached hydrogen (secondary N) is 1. The average Bonchev–Trinajstić information content (AvgIpc) is 2.25. The quantitative estimate of drug-likeness (QED) is 0.710. The number of hydrogen-bond acceptors (Lipinski definition) is 3. The van der Waals surface area contributed by atoms with E-state index in [1.165, 1.54) is 4.90 Å². The summed E-state index contributed by atoms with van der Waals surface area (Å²) in [5.74, 6) is -0.498. The summed E-state index contributed by atoms with van der Waals surface area (Å²) < 4.78 is 37.2. The molecule has 4 nitrogen and oxygen atoms in total. The van der Waals surface area contributed by atoms with E-state index in [0.717, 1.165) is 0 Å². The molecular formula is C12H24F3N3O. The number of amides is 1. The molecule has 0 aliphatic heterocycles. The third kappa shape index (κ3) is 6.77. The topological polar surface area (TPSA) is 58.4 Å². The van der Waals surface area contributed by atoms with Crippen LogP contribution in [0.25, 0.3) is 0 Å². The molecule has 3 N–H and O–H groups in total. The van der Waals surface area contributed by atoms with Crippen LogP contribution in [-0.4, -0.2) is 48.7 Å². The Hall–Kier alpha value is -0.820. The molecule has 0 radical (unpaired) electrons. The van der Waals surface area contributed by atoms with E-state index in [1.54, 1.807) is 27.8 Å². The highest BCUT2D eigenvalue weighted by Crippen LogP contribution is 2.19. The minimum Gasteiger partial charge on any atom is -0.368 e. The normalized spacial score (nSPS) is 15.8. The van der Waals surface area contributed by atoms with Gasteiger partial charge < -0.3 is 11.1 Å². The first-order valence-corrected chi connectivity index (χ1v) is 6.31. The first-order valence-electron chi connectivity index (χ1n) is 6.31. The van der Waals surface area contributed by atoms with Gasteiger partial charge in [0.15, 0.2) is 0 Å².